The normalized spacial score (nSPS) is 16.3. The van der Waals surface area contributed by atoms with Gasteiger partial charge in [-0.25, -0.2) is 4.79 Å². The maximum absolute atomic E-state index is 12.5. The number of hydrogen-bond acceptors (Lipinski definition) is 5. The van der Waals surface area contributed by atoms with E-state index in [1.165, 1.54) is 18.2 Å². The molecule has 1 aliphatic carbocycles. The second-order valence-corrected chi connectivity index (χ2v) is 9.73. The third kappa shape index (κ3) is 6.66. The number of Topliss-reactive ketones (excluding diaryl/α,β-unsaturated/α-hetero) is 1. The smallest absolute Gasteiger partial charge is 0.339 e. The molecule has 5 nitrogen and oxygen atoms in total. The first-order valence-corrected chi connectivity index (χ1v) is 10.8. The average Bonchev–Trinajstić information content (AvgIpc) is 2.66. The minimum absolute atomic E-state index is 0.0111. The fourth-order valence-electron chi connectivity index (χ4n) is 2.97. The molecular formula is C22H31NO4S. The third-order valence-corrected chi connectivity index (χ3v) is 6.08. The number of ether oxygens (including phenoxy) is 1. The Balaban J connectivity index is 1.97. The van der Waals surface area contributed by atoms with Gasteiger partial charge in [0.1, 0.15) is 0 Å². The van der Waals surface area contributed by atoms with E-state index in [1.807, 2.05) is 13.0 Å². The van der Waals surface area contributed by atoms with E-state index < -0.39 is 11.4 Å². The van der Waals surface area contributed by atoms with E-state index in [1.54, 1.807) is 39.0 Å². The summed E-state index contributed by atoms with van der Waals surface area (Å²) in [4.78, 5) is 37.7. The van der Waals surface area contributed by atoms with Gasteiger partial charge in [0.15, 0.2) is 12.4 Å². The standard InChI is InChI=1S/C22H31NO4S/c1-15(20(25)23-16-10-6-5-7-11-16)28-18-13-9-8-12-17(18)21(26)27-14-19(24)22(2,3)4/h8-9,12-13,15-16H,5-7,10-11,14H2,1-4H3,(H,23,25). The molecule has 0 radical (unpaired) electrons. The Morgan fingerprint density at radius 1 is 1.14 bits per heavy atom. The summed E-state index contributed by atoms with van der Waals surface area (Å²) in [5.41, 5.74) is -0.174. The number of amides is 1. The molecule has 1 fully saturated rings. The van der Waals surface area contributed by atoms with E-state index in [0.717, 1.165) is 25.7 Å². The predicted molar refractivity (Wildman–Crippen MR) is 112 cm³/mol. The molecule has 0 heterocycles. The van der Waals surface area contributed by atoms with Crippen LogP contribution >= 0.6 is 11.8 Å². The number of benzene rings is 1. The summed E-state index contributed by atoms with van der Waals surface area (Å²) in [7, 11) is 0. The molecule has 6 heteroatoms. The SMILES string of the molecule is CC(Sc1ccccc1C(=O)OCC(=O)C(C)(C)C)C(=O)NC1CCCCC1. The van der Waals surface area contributed by atoms with Crippen LogP contribution in [0.2, 0.25) is 0 Å². The molecule has 0 aromatic heterocycles. The minimum atomic E-state index is -0.555. The largest absolute Gasteiger partial charge is 0.454 e. The molecule has 0 aliphatic heterocycles. The van der Waals surface area contributed by atoms with Crippen molar-refractivity contribution in [1.29, 1.82) is 0 Å². The van der Waals surface area contributed by atoms with Gasteiger partial charge in [-0.3, -0.25) is 9.59 Å². The van der Waals surface area contributed by atoms with Crippen LogP contribution in [0.1, 0.15) is 70.2 Å². The van der Waals surface area contributed by atoms with Crippen LogP contribution in [-0.2, 0) is 14.3 Å². The summed E-state index contributed by atoms with van der Waals surface area (Å²) in [6, 6.07) is 7.30. The van der Waals surface area contributed by atoms with Gasteiger partial charge in [-0.2, -0.15) is 0 Å². The van der Waals surface area contributed by atoms with E-state index in [-0.39, 0.29) is 29.6 Å². The van der Waals surface area contributed by atoms with E-state index in [0.29, 0.717) is 10.5 Å². The maximum atomic E-state index is 12.5. The quantitative estimate of drug-likeness (QED) is 0.538. The van der Waals surface area contributed by atoms with Crippen molar-refractivity contribution in [3.05, 3.63) is 29.8 Å². The van der Waals surface area contributed by atoms with Gasteiger partial charge in [-0.05, 0) is 31.9 Å². The molecule has 1 amide bonds. The van der Waals surface area contributed by atoms with Gasteiger partial charge in [0.2, 0.25) is 5.91 Å². The monoisotopic (exact) mass is 405 g/mol. The number of thioether (sulfide) groups is 1. The molecule has 1 N–H and O–H groups in total. The first-order valence-electron chi connectivity index (χ1n) is 9.95. The van der Waals surface area contributed by atoms with Gasteiger partial charge in [0.25, 0.3) is 0 Å². The Hall–Kier alpha value is -1.82. The van der Waals surface area contributed by atoms with Gasteiger partial charge in [-0.15, -0.1) is 11.8 Å². The molecule has 1 unspecified atom stereocenters. The van der Waals surface area contributed by atoms with Crippen molar-refractivity contribution in [1.82, 2.24) is 5.32 Å². The molecule has 0 saturated heterocycles. The Bertz CT molecular complexity index is 705. The highest BCUT2D eigenvalue weighted by molar-refractivity contribution is 8.00. The third-order valence-electron chi connectivity index (χ3n) is 4.90. The molecule has 1 aromatic carbocycles. The summed E-state index contributed by atoms with van der Waals surface area (Å²) < 4.78 is 5.22. The second-order valence-electron chi connectivity index (χ2n) is 8.35. The van der Waals surface area contributed by atoms with Crippen LogP contribution in [-0.4, -0.2) is 35.6 Å². The number of nitrogens with one attached hydrogen (secondary N) is 1. The van der Waals surface area contributed by atoms with Crippen molar-refractivity contribution in [3.63, 3.8) is 0 Å². The molecule has 2 rings (SSSR count). The summed E-state index contributed by atoms with van der Waals surface area (Å²) in [5.74, 6) is -0.685. The number of esters is 1. The van der Waals surface area contributed by atoms with E-state index >= 15 is 0 Å². The number of ketones is 1. The molecule has 1 aromatic rings. The lowest BCUT2D eigenvalue weighted by molar-refractivity contribution is -0.129. The van der Waals surface area contributed by atoms with Crippen LogP contribution in [0, 0.1) is 5.41 Å². The van der Waals surface area contributed by atoms with E-state index in [4.69, 9.17) is 4.74 Å². The van der Waals surface area contributed by atoms with Gasteiger partial charge in [-0.1, -0.05) is 52.2 Å². The molecule has 0 bridgehead atoms. The zero-order valence-corrected chi connectivity index (χ0v) is 18.1. The van der Waals surface area contributed by atoms with Crippen LogP contribution in [0.4, 0.5) is 0 Å². The highest BCUT2D eigenvalue weighted by Gasteiger charge is 2.25. The minimum Gasteiger partial charge on any atom is -0.454 e. The lowest BCUT2D eigenvalue weighted by Gasteiger charge is -2.24. The molecule has 28 heavy (non-hydrogen) atoms. The van der Waals surface area contributed by atoms with Crippen molar-refractivity contribution in [3.8, 4) is 0 Å². The zero-order chi connectivity index (χ0) is 20.7. The highest BCUT2D eigenvalue weighted by atomic mass is 32.2. The summed E-state index contributed by atoms with van der Waals surface area (Å²) in [6.07, 6.45) is 5.63. The van der Waals surface area contributed by atoms with E-state index in [2.05, 4.69) is 5.32 Å². The van der Waals surface area contributed by atoms with Crippen molar-refractivity contribution >= 4 is 29.4 Å². The summed E-state index contributed by atoms with van der Waals surface area (Å²) in [5, 5.41) is 2.80. The maximum Gasteiger partial charge on any atom is 0.339 e. The lowest BCUT2D eigenvalue weighted by atomic mass is 9.91. The number of hydrogen-bond donors (Lipinski definition) is 1. The lowest BCUT2D eigenvalue weighted by Crippen LogP contribution is -2.40. The average molecular weight is 406 g/mol. The van der Waals surface area contributed by atoms with Crippen LogP contribution in [0.25, 0.3) is 0 Å². The molecular weight excluding hydrogens is 374 g/mol. The number of rotatable bonds is 7. The van der Waals surface area contributed by atoms with Crippen LogP contribution < -0.4 is 5.32 Å². The molecule has 1 atom stereocenters. The first-order chi connectivity index (χ1) is 13.2. The Morgan fingerprint density at radius 2 is 1.79 bits per heavy atom. The molecule has 1 saturated carbocycles. The molecule has 154 valence electrons. The van der Waals surface area contributed by atoms with Gasteiger partial charge < -0.3 is 10.1 Å². The number of carbonyl (C=O) groups is 3. The van der Waals surface area contributed by atoms with E-state index in [9.17, 15) is 14.4 Å². The van der Waals surface area contributed by atoms with Crippen molar-refractivity contribution in [2.45, 2.75) is 76.0 Å². The van der Waals surface area contributed by atoms with Crippen molar-refractivity contribution in [2.24, 2.45) is 5.41 Å². The predicted octanol–water partition coefficient (Wildman–Crippen LogP) is 4.39. The Labute approximate surface area is 172 Å². The second kappa shape index (κ2) is 10.1. The van der Waals surface area contributed by atoms with Crippen molar-refractivity contribution in [2.75, 3.05) is 6.61 Å². The summed E-state index contributed by atoms with van der Waals surface area (Å²) >= 11 is 1.34. The fraction of sp³-hybridized carbons (Fsp3) is 0.591. The zero-order valence-electron chi connectivity index (χ0n) is 17.2. The Morgan fingerprint density at radius 3 is 2.43 bits per heavy atom. The van der Waals surface area contributed by atoms with Crippen LogP contribution in [0.15, 0.2) is 29.2 Å². The van der Waals surface area contributed by atoms with Gasteiger partial charge in [0.05, 0.1) is 10.8 Å². The fourth-order valence-corrected chi connectivity index (χ4v) is 3.96. The molecule has 1 aliphatic rings. The first kappa shape index (κ1) is 22.5. The van der Waals surface area contributed by atoms with Crippen LogP contribution in [0.3, 0.4) is 0 Å². The number of carbonyl (C=O) groups excluding carboxylic acids is 3. The van der Waals surface area contributed by atoms with Gasteiger partial charge >= 0.3 is 5.97 Å². The summed E-state index contributed by atoms with van der Waals surface area (Å²) in [6.45, 7) is 6.96. The topological polar surface area (TPSA) is 72.5 Å². The molecule has 0 spiro atoms. The highest BCUT2D eigenvalue weighted by Crippen LogP contribution is 2.28. The van der Waals surface area contributed by atoms with Gasteiger partial charge in [0, 0.05) is 16.4 Å². The van der Waals surface area contributed by atoms with Crippen molar-refractivity contribution < 1.29 is 19.1 Å². The Kier molecular flexibility index (Phi) is 8.10. The van der Waals surface area contributed by atoms with Crippen LogP contribution in [0.5, 0.6) is 0 Å².